The summed E-state index contributed by atoms with van der Waals surface area (Å²) in [7, 11) is 0. The average Bonchev–Trinajstić information content (AvgIpc) is 3.86. The van der Waals surface area contributed by atoms with Gasteiger partial charge < -0.3 is 104 Å². The molecule has 74 heavy (non-hydrogen) atoms. The predicted molar refractivity (Wildman–Crippen MR) is 253 cm³/mol. The maximum Gasteiger partial charge on any atom is 0.187 e. The van der Waals surface area contributed by atoms with Crippen LogP contribution in [0.2, 0.25) is 0 Å². The Labute approximate surface area is 431 Å². The summed E-state index contributed by atoms with van der Waals surface area (Å²) in [5, 5.41) is 131. The van der Waals surface area contributed by atoms with Crippen molar-refractivity contribution >= 4 is 5.78 Å². The lowest BCUT2D eigenvalue weighted by Crippen LogP contribution is -2.66. The molecule has 22 nitrogen and oxygen atoms in total. The highest BCUT2D eigenvalue weighted by atomic mass is 16.8. The van der Waals surface area contributed by atoms with Gasteiger partial charge in [-0.3, -0.25) is 4.79 Å². The second kappa shape index (κ2) is 21.2. The molecule has 5 saturated heterocycles. The fraction of sp³-hybridized carbons (Fsp3) is 0.942. The van der Waals surface area contributed by atoms with Gasteiger partial charge in [-0.15, -0.1) is 0 Å². The van der Waals surface area contributed by atoms with Crippen molar-refractivity contribution < 1.29 is 109 Å². The molecular formula is C52H84O22. The first-order valence-electron chi connectivity index (χ1n) is 27.0. The molecule has 28 unspecified atom stereocenters. The van der Waals surface area contributed by atoms with Gasteiger partial charge in [0.1, 0.15) is 91.6 Å². The molecule has 28 atom stereocenters. The normalized spacial score (nSPS) is 54.7. The van der Waals surface area contributed by atoms with Crippen LogP contribution >= 0.6 is 0 Å². The van der Waals surface area contributed by atoms with Gasteiger partial charge >= 0.3 is 0 Å². The summed E-state index contributed by atoms with van der Waals surface area (Å²) in [5.41, 5.74) is 1.10. The van der Waals surface area contributed by atoms with Crippen LogP contribution in [0.15, 0.2) is 11.1 Å². The van der Waals surface area contributed by atoms with E-state index in [1.807, 2.05) is 13.8 Å². The number of aliphatic hydroxyl groups excluding tert-OH is 12. The molecule has 0 aromatic rings. The van der Waals surface area contributed by atoms with Gasteiger partial charge in [0, 0.05) is 17.3 Å². The predicted octanol–water partition coefficient (Wildman–Crippen LogP) is -1.44. The topological polar surface area (TPSA) is 343 Å². The van der Waals surface area contributed by atoms with Crippen LogP contribution in [0.5, 0.6) is 0 Å². The zero-order valence-corrected chi connectivity index (χ0v) is 43.6. The molecule has 1 spiro atoms. The number of carbonyl (C=O) groups excluding carboxylic acids is 1. The molecule has 9 rings (SSSR count). The number of fused-ring (bicyclic) bond motifs is 5. The number of ether oxygens (including phenoxy) is 9. The monoisotopic (exact) mass is 1060 g/mol. The minimum Gasteiger partial charge on any atom is -0.396 e. The molecule has 5 aliphatic heterocycles. The van der Waals surface area contributed by atoms with Gasteiger partial charge in [0.25, 0.3) is 0 Å². The Morgan fingerprint density at radius 2 is 1.28 bits per heavy atom. The second-order valence-electron chi connectivity index (χ2n) is 24.1. The number of allylic oxidation sites excluding steroid dienone is 2. The first-order chi connectivity index (χ1) is 34.9. The molecule has 2 saturated carbocycles. The third-order valence-corrected chi connectivity index (χ3v) is 20.5. The quantitative estimate of drug-likeness (QED) is 0.0940. The molecule has 0 aromatic heterocycles. The van der Waals surface area contributed by atoms with Crippen molar-refractivity contribution in [2.75, 3.05) is 26.4 Å². The molecule has 9 aliphatic rings. The van der Waals surface area contributed by atoms with E-state index in [1.54, 1.807) is 0 Å². The number of ketones is 1. The van der Waals surface area contributed by atoms with E-state index in [9.17, 15) is 66.1 Å². The highest BCUT2D eigenvalue weighted by Crippen LogP contribution is 2.75. The number of hydrogen-bond donors (Lipinski definition) is 12. The van der Waals surface area contributed by atoms with Crippen molar-refractivity contribution in [1.82, 2.24) is 0 Å². The highest BCUT2D eigenvalue weighted by molar-refractivity contribution is 5.83. The van der Waals surface area contributed by atoms with Crippen molar-refractivity contribution in [3.05, 3.63) is 11.1 Å². The fourth-order valence-corrected chi connectivity index (χ4v) is 15.6. The Balaban J connectivity index is 0.892. The molecule has 7 fully saturated rings. The van der Waals surface area contributed by atoms with Gasteiger partial charge in [-0.1, -0.05) is 52.7 Å². The van der Waals surface area contributed by atoms with Crippen molar-refractivity contribution in [1.29, 1.82) is 0 Å². The van der Waals surface area contributed by atoms with E-state index in [0.29, 0.717) is 19.3 Å². The minimum absolute atomic E-state index is 0.0370. The number of hydrogen-bond acceptors (Lipinski definition) is 22. The zero-order valence-electron chi connectivity index (χ0n) is 43.6. The van der Waals surface area contributed by atoms with E-state index in [-0.39, 0.29) is 52.2 Å². The van der Waals surface area contributed by atoms with Crippen LogP contribution in [-0.4, -0.2) is 228 Å². The average molecular weight is 1060 g/mol. The Kier molecular flexibility index (Phi) is 16.4. The third kappa shape index (κ3) is 9.02. The molecule has 12 N–H and O–H groups in total. The number of aliphatic hydroxyl groups is 12. The Hall–Kier alpha value is -1.43. The summed E-state index contributed by atoms with van der Waals surface area (Å²) in [6.45, 7) is 12.5. The van der Waals surface area contributed by atoms with Crippen LogP contribution in [0.1, 0.15) is 113 Å². The molecule has 424 valence electrons. The van der Waals surface area contributed by atoms with Gasteiger partial charge in [0.15, 0.2) is 30.9 Å². The first kappa shape index (κ1) is 57.3. The van der Waals surface area contributed by atoms with Gasteiger partial charge in [-0.05, 0) is 87.4 Å². The van der Waals surface area contributed by atoms with Gasteiger partial charge in [0.05, 0.1) is 44.2 Å². The van der Waals surface area contributed by atoms with E-state index < -0.39 is 148 Å². The molecule has 4 aliphatic carbocycles. The minimum atomic E-state index is -1.91. The third-order valence-electron chi connectivity index (χ3n) is 20.5. The molecular weight excluding hydrogens is 977 g/mol. The lowest BCUT2D eigenvalue weighted by Gasteiger charge is -2.63. The summed E-state index contributed by atoms with van der Waals surface area (Å²) >= 11 is 0. The zero-order chi connectivity index (χ0) is 53.8. The smallest absolute Gasteiger partial charge is 0.187 e. The van der Waals surface area contributed by atoms with E-state index in [0.717, 1.165) is 44.9 Å². The molecule has 0 radical (unpaired) electrons. The second-order valence-corrected chi connectivity index (χ2v) is 24.1. The van der Waals surface area contributed by atoms with Crippen molar-refractivity contribution in [2.45, 2.75) is 247 Å². The Morgan fingerprint density at radius 1 is 0.649 bits per heavy atom. The molecule has 22 heteroatoms. The largest absolute Gasteiger partial charge is 0.396 e. The SMILES string of the molecule is CCC(=O)C1CC(C)C2(CCC3(C)C4=C(CCC32C)C2(C)CCC(OC3OC(COC5OCC(O)C(O)C5OC5OC(CO)C(O)C(O)C5OC5OC(C)C(O)C(O)C5O)C(O)C(O)C3O)C(C)(CO)C2CC4)O1. The summed E-state index contributed by atoms with van der Waals surface area (Å²) < 4.78 is 54.7. The lowest BCUT2D eigenvalue weighted by molar-refractivity contribution is -0.390. The summed E-state index contributed by atoms with van der Waals surface area (Å²) in [4.78, 5) is 13.0. The van der Waals surface area contributed by atoms with Gasteiger partial charge in [0.2, 0.25) is 0 Å². The van der Waals surface area contributed by atoms with E-state index >= 15 is 0 Å². The molecule has 0 amide bonds. The van der Waals surface area contributed by atoms with E-state index in [4.69, 9.17) is 42.6 Å². The molecule has 0 aromatic carbocycles. The highest BCUT2D eigenvalue weighted by Gasteiger charge is 2.72. The van der Waals surface area contributed by atoms with Crippen LogP contribution < -0.4 is 0 Å². The maximum absolute atomic E-state index is 13.0. The van der Waals surface area contributed by atoms with Crippen LogP contribution in [0.25, 0.3) is 0 Å². The van der Waals surface area contributed by atoms with Crippen LogP contribution in [0.4, 0.5) is 0 Å². The first-order valence-corrected chi connectivity index (χ1v) is 27.0. The number of Topliss-reactive ketones (excluding diaryl/α,β-unsaturated/α-hetero) is 1. The van der Waals surface area contributed by atoms with Crippen molar-refractivity contribution in [3.63, 3.8) is 0 Å². The van der Waals surface area contributed by atoms with Crippen LogP contribution in [0.3, 0.4) is 0 Å². The van der Waals surface area contributed by atoms with Crippen LogP contribution in [0, 0.1) is 33.5 Å². The summed E-state index contributed by atoms with van der Waals surface area (Å²) in [6, 6.07) is 0. The van der Waals surface area contributed by atoms with Gasteiger partial charge in [-0.2, -0.15) is 0 Å². The van der Waals surface area contributed by atoms with Crippen molar-refractivity contribution in [2.24, 2.45) is 33.5 Å². The van der Waals surface area contributed by atoms with Gasteiger partial charge in [-0.25, -0.2) is 0 Å². The summed E-state index contributed by atoms with van der Waals surface area (Å²) in [6.07, 6.45) is -24.8. The molecule has 5 heterocycles. The van der Waals surface area contributed by atoms with Crippen molar-refractivity contribution in [3.8, 4) is 0 Å². The number of carbonyl (C=O) groups is 1. The molecule has 0 bridgehead atoms. The van der Waals surface area contributed by atoms with Crippen LogP contribution in [-0.2, 0) is 47.4 Å². The van der Waals surface area contributed by atoms with E-state index in [1.165, 1.54) is 18.1 Å². The standard InChI is InChI=1S/C52H84O22/c1-8-26(55)28-17-22(2)52(74-28)16-15-50(6)25-9-10-31-48(4,24(25)11-14-51(50,52)7)13-12-32(49(31,5)21-54)71-45-41(65)38(62)36(60)30(70-45)20-67-46-42(34(58)27(56)19-66-46)73-47-43(39(63)35(59)29(18-53)69-47)72-44-40(64)37(61)33(57)23(3)68-44/h22-23,27-47,53-54,56-65H,8-21H2,1-7H3. The Bertz CT molecular complexity index is 2030. The fourth-order valence-electron chi connectivity index (χ4n) is 15.6. The maximum atomic E-state index is 13.0. The Morgan fingerprint density at radius 3 is 1.96 bits per heavy atom. The lowest BCUT2D eigenvalue weighted by atomic mass is 9.42. The summed E-state index contributed by atoms with van der Waals surface area (Å²) in [5.74, 6) is 0.375. The van der Waals surface area contributed by atoms with E-state index in [2.05, 4.69) is 27.7 Å². The number of rotatable bonds is 13.